The molecule has 0 amide bonds. The molecule has 11 heavy (non-hydrogen) atoms. The van der Waals surface area contributed by atoms with Gasteiger partial charge < -0.3 is 4.90 Å². The van der Waals surface area contributed by atoms with Gasteiger partial charge >= 0.3 is 0 Å². The second kappa shape index (κ2) is 6.58. The van der Waals surface area contributed by atoms with Gasteiger partial charge in [-0.05, 0) is 34.0 Å². The lowest BCUT2D eigenvalue weighted by molar-refractivity contribution is -0.135. The van der Waals surface area contributed by atoms with Crippen molar-refractivity contribution >= 4 is 0 Å². The molecule has 0 heterocycles. The van der Waals surface area contributed by atoms with Crippen LogP contribution in [-0.4, -0.2) is 50.8 Å². The van der Waals surface area contributed by atoms with Crippen LogP contribution >= 0.6 is 0 Å². The van der Waals surface area contributed by atoms with Crippen LogP contribution in [0.5, 0.6) is 0 Å². The molecule has 0 aliphatic heterocycles. The number of hydrogen-bond acceptors (Lipinski definition) is 3. The van der Waals surface area contributed by atoms with Crippen LogP contribution in [-0.2, 0) is 4.84 Å². The highest BCUT2D eigenvalue weighted by Gasteiger charge is 1.96. The fourth-order valence-corrected chi connectivity index (χ4v) is 0.895. The first-order valence-corrected chi connectivity index (χ1v) is 4.15. The molecule has 0 saturated carbocycles. The van der Waals surface area contributed by atoms with Crippen LogP contribution < -0.4 is 0 Å². The minimum absolute atomic E-state index is 0.762. The molecule has 3 heteroatoms. The Morgan fingerprint density at radius 2 is 1.73 bits per heavy atom. The van der Waals surface area contributed by atoms with Crippen LogP contribution in [0.1, 0.15) is 13.3 Å². The Bertz CT molecular complexity index is 86.2. The van der Waals surface area contributed by atoms with Crippen LogP contribution in [0.25, 0.3) is 0 Å². The maximum absolute atomic E-state index is 5.24. The van der Waals surface area contributed by atoms with Gasteiger partial charge in [0.15, 0.2) is 0 Å². The van der Waals surface area contributed by atoms with E-state index in [-0.39, 0.29) is 0 Å². The Hall–Kier alpha value is -0.120. The molecule has 0 unspecified atom stereocenters. The maximum Gasteiger partial charge on any atom is 0.0656 e. The van der Waals surface area contributed by atoms with Gasteiger partial charge in [-0.1, -0.05) is 0 Å². The molecule has 0 aliphatic carbocycles. The summed E-state index contributed by atoms with van der Waals surface area (Å²) in [5.41, 5.74) is 0. The SMILES string of the molecule is CCON(C)CCCN(C)C. The second-order valence-corrected chi connectivity index (χ2v) is 2.93. The van der Waals surface area contributed by atoms with Crippen LogP contribution in [0.2, 0.25) is 0 Å². The second-order valence-electron chi connectivity index (χ2n) is 2.93. The lowest BCUT2D eigenvalue weighted by Gasteiger charge is -2.16. The number of hydrogen-bond donors (Lipinski definition) is 0. The van der Waals surface area contributed by atoms with Gasteiger partial charge in [-0.3, -0.25) is 4.84 Å². The zero-order valence-corrected chi connectivity index (χ0v) is 8.13. The van der Waals surface area contributed by atoms with E-state index >= 15 is 0 Å². The summed E-state index contributed by atoms with van der Waals surface area (Å²) in [7, 11) is 6.14. The smallest absolute Gasteiger partial charge is 0.0656 e. The summed E-state index contributed by atoms with van der Waals surface area (Å²) in [6.07, 6.45) is 1.16. The van der Waals surface area contributed by atoms with Gasteiger partial charge in [0.1, 0.15) is 0 Å². The molecule has 0 N–H and O–H groups in total. The molecule has 0 spiro atoms. The Morgan fingerprint density at radius 3 is 2.18 bits per heavy atom. The van der Waals surface area contributed by atoms with Crippen LogP contribution in [0, 0.1) is 0 Å². The standard InChI is InChI=1S/C8H20N2O/c1-5-11-10(4)8-6-7-9(2)3/h5-8H2,1-4H3. The summed E-state index contributed by atoms with van der Waals surface area (Å²) in [6.45, 7) is 4.89. The molecule has 68 valence electrons. The van der Waals surface area contributed by atoms with Crippen molar-refractivity contribution in [1.29, 1.82) is 0 Å². The molecule has 0 aromatic heterocycles. The zero-order chi connectivity index (χ0) is 8.69. The third-order valence-corrected chi connectivity index (χ3v) is 1.43. The van der Waals surface area contributed by atoms with Crippen LogP contribution in [0.15, 0.2) is 0 Å². The molecule has 0 atom stereocenters. The van der Waals surface area contributed by atoms with Gasteiger partial charge in [0.2, 0.25) is 0 Å². The summed E-state index contributed by atoms with van der Waals surface area (Å²) in [5, 5.41) is 1.89. The summed E-state index contributed by atoms with van der Waals surface area (Å²) < 4.78 is 0. The first-order chi connectivity index (χ1) is 5.16. The van der Waals surface area contributed by atoms with E-state index in [1.165, 1.54) is 0 Å². The minimum Gasteiger partial charge on any atom is -0.309 e. The Balaban J connectivity index is 3.10. The molecule has 3 nitrogen and oxygen atoms in total. The molecule has 0 bridgehead atoms. The fourth-order valence-electron chi connectivity index (χ4n) is 0.895. The minimum atomic E-state index is 0.762. The van der Waals surface area contributed by atoms with Crippen molar-refractivity contribution in [3.8, 4) is 0 Å². The Morgan fingerprint density at radius 1 is 1.09 bits per heavy atom. The van der Waals surface area contributed by atoms with Crippen molar-refractivity contribution in [2.75, 3.05) is 40.8 Å². The number of nitrogens with zero attached hydrogens (tertiary/aromatic N) is 2. The van der Waals surface area contributed by atoms with Gasteiger partial charge in [0.25, 0.3) is 0 Å². The van der Waals surface area contributed by atoms with Gasteiger partial charge in [-0.2, -0.15) is 5.06 Å². The summed E-state index contributed by atoms with van der Waals surface area (Å²) in [6, 6.07) is 0. The van der Waals surface area contributed by atoms with E-state index in [0.717, 1.165) is 26.1 Å². The van der Waals surface area contributed by atoms with Crippen molar-refractivity contribution in [1.82, 2.24) is 9.96 Å². The quantitative estimate of drug-likeness (QED) is 0.535. The molecule has 0 aliphatic rings. The molecular formula is C8H20N2O. The highest BCUT2D eigenvalue weighted by atomic mass is 16.7. The maximum atomic E-state index is 5.24. The van der Waals surface area contributed by atoms with Crippen molar-refractivity contribution in [3.05, 3.63) is 0 Å². The average Bonchev–Trinajstić information content (AvgIpc) is 1.87. The predicted molar refractivity (Wildman–Crippen MR) is 47.4 cm³/mol. The van der Waals surface area contributed by atoms with E-state index in [2.05, 4.69) is 19.0 Å². The molecule has 0 saturated heterocycles. The van der Waals surface area contributed by atoms with Crippen LogP contribution in [0.4, 0.5) is 0 Å². The highest BCUT2D eigenvalue weighted by molar-refractivity contribution is 4.45. The topological polar surface area (TPSA) is 15.7 Å². The van der Waals surface area contributed by atoms with E-state index in [1.54, 1.807) is 0 Å². The van der Waals surface area contributed by atoms with Gasteiger partial charge in [0, 0.05) is 13.6 Å². The van der Waals surface area contributed by atoms with Crippen molar-refractivity contribution < 1.29 is 4.84 Å². The number of rotatable bonds is 6. The molecule has 0 radical (unpaired) electrons. The van der Waals surface area contributed by atoms with E-state index < -0.39 is 0 Å². The highest BCUT2D eigenvalue weighted by Crippen LogP contribution is 1.89. The molecule has 0 rings (SSSR count). The molecule has 0 fully saturated rings. The van der Waals surface area contributed by atoms with Gasteiger partial charge in [-0.15, -0.1) is 0 Å². The van der Waals surface area contributed by atoms with E-state index in [0.29, 0.717) is 0 Å². The van der Waals surface area contributed by atoms with E-state index in [9.17, 15) is 0 Å². The van der Waals surface area contributed by atoms with E-state index in [4.69, 9.17) is 4.84 Å². The first kappa shape index (κ1) is 10.9. The van der Waals surface area contributed by atoms with E-state index in [1.807, 2.05) is 19.0 Å². The normalized spacial score (nSPS) is 11.5. The molecular weight excluding hydrogens is 140 g/mol. The molecule has 0 aromatic carbocycles. The fraction of sp³-hybridized carbons (Fsp3) is 1.00. The first-order valence-electron chi connectivity index (χ1n) is 4.15. The zero-order valence-electron chi connectivity index (χ0n) is 8.13. The molecule has 0 aromatic rings. The van der Waals surface area contributed by atoms with Crippen molar-refractivity contribution in [2.24, 2.45) is 0 Å². The average molecular weight is 160 g/mol. The Kier molecular flexibility index (Phi) is 6.51. The third-order valence-electron chi connectivity index (χ3n) is 1.43. The lowest BCUT2D eigenvalue weighted by atomic mass is 10.4. The predicted octanol–water partition coefficient (Wildman–Crippen LogP) is 0.821. The monoisotopic (exact) mass is 160 g/mol. The summed E-state index contributed by atoms with van der Waals surface area (Å²) in [5.74, 6) is 0. The largest absolute Gasteiger partial charge is 0.309 e. The van der Waals surface area contributed by atoms with Gasteiger partial charge in [-0.25, -0.2) is 0 Å². The van der Waals surface area contributed by atoms with Gasteiger partial charge in [0.05, 0.1) is 6.61 Å². The Labute approximate surface area is 69.9 Å². The lowest BCUT2D eigenvalue weighted by Crippen LogP contribution is -2.23. The van der Waals surface area contributed by atoms with Crippen molar-refractivity contribution in [3.63, 3.8) is 0 Å². The van der Waals surface area contributed by atoms with Crippen LogP contribution in [0.3, 0.4) is 0 Å². The third kappa shape index (κ3) is 7.78. The summed E-state index contributed by atoms with van der Waals surface area (Å²) in [4.78, 5) is 7.42. The summed E-state index contributed by atoms with van der Waals surface area (Å²) >= 11 is 0. The van der Waals surface area contributed by atoms with Crippen molar-refractivity contribution in [2.45, 2.75) is 13.3 Å². The number of hydroxylamine groups is 2.